The van der Waals surface area contributed by atoms with Crippen molar-refractivity contribution in [2.75, 3.05) is 0 Å². The summed E-state index contributed by atoms with van der Waals surface area (Å²) in [5, 5.41) is 0. The van der Waals surface area contributed by atoms with E-state index in [0.717, 1.165) is 11.4 Å². The predicted octanol–water partition coefficient (Wildman–Crippen LogP) is 2.26. The Hall–Kier alpha value is -1.18. The fourth-order valence-corrected chi connectivity index (χ4v) is 0.876. The summed E-state index contributed by atoms with van der Waals surface area (Å²) in [4.78, 5) is 8.52. The molecule has 1 aromatic heterocycles. The lowest BCUT2D eigenvalue weighted by molar-refractivity contribution is 1.19. The average Bonchev–Trinajstić information content (AvgIpc) is 2.78. The molecule has 0 amide bonds. The van der Waals surface area contributed by atoms with E-state index >= 15 is 0 Å². The molecule has 0 aromatic carbocycles. The van der Waals surface area contributed by atoms with Crippen LogP contribution in [-0.4, -0.2) is 10.7 Å². The molecule has 1 heterocycles. The van der Waals surface area contributed by atoms with E-state index in [0.29, 0.717) is 0 Å². The van der Waals surface area contributed by atoms with Crippen molar-refractivity contribution in [1.82, 2.24) is 4.98 Å². The normalized spacial score (nSPS) is 14.8. The second kappa shape index (κ2) is 2.46. The molecule has 0 aliphatic heterocycles. The van der Waals surface area contributed by atoms with Crippen molar-refractivity contribution in [3.8, 4) is 0 Å². The minimum absolute atomic E-state index is 0.989. The molecule has 1 fully saturated rings. The van der Waals surface area contributed by atoms with Crippen molar-refractivity contribution < 1.29 is 0 Å². The molecule has 56 valence electrons. The fourth-order valence-electron chi connectivity index (χ4n) is 0.876. The van der Waals surface area contributed by atoms with Crippen LogP contribution >= 0.6 is 0 Å². The first kappa shape index (κ1) is 6.53. The van der Waals surface area contributed by atoms with Crippen LogP contribution in [0.1, 0.15) is 18.5 Å². The molecule has 0 unspecified atom stereocenters. The largest absolute Gasteiger partial charge is 0.259 e. The monoisotopic (exact) mass is 146 g/mol. The number of nitrogens with zero attached hydrogens (tertiary/aromatic N) is 2. The molecule has 1 aliphatic rings. The standard InChI is InChI=1S/C9H10N2/c1-7-2-3-9(6-10-7)11-8-4-5-8/h2-3,6H,4-5H2,1H3. The molecule has 2 nitrogen and oxygen atoms in total. The van der Waals surface area contributed by atoms with Crippen molar-refractivity contribution in [2.24, 2.45) is 4.99 Å². The van der Waals surface area contributed by atoms with Crippen LogP contribution < -0.4 is 0 Å². The Balaban J connectivity index is 2.25. The summed E-state index contributed by atoms with van der Waals surface area (Å²) in [6, 6.07) is 4.00. The number of pyridine rings is 1. The predicted molar refractivity (Wildman–Crippen MR) is 45.3 cm³/mol. The van der Waals surface area contributed by atoms with Gasteiger partial charge in [0.05, 0.1) is 11.9 Å². The Morgan fingerprint density at radius 2 is 2.18 bits per heavy atom. The van der Waals surface area contributed by atoms with Crippen LogP contribution in [-0.2, 0) is 0 Å². The first-order chi connectivity index (χ1) is 5.34. The number of rotatable bonds is 1. The van der Waals surface area contributed by atoms with Crippen LogP contribution in [0.5, 0.6) is 0 Å². The van der Waals surface area contributed by atoms with E-state index in [1.54, 1.807) is 0 Å². The highest BCUT2D eigenvalue weighted by atomic mass is 14.8. The third kappa shape index (κ3) is 1.64. The molecular weight excluding hydrogens is 136 g/mol. The van der Waals surface area contributed by atoms with Crippen molar-refractivity contribution in [1.29, 1.82) is 0 Å². The summed E-state index contributed by atoms with van der Waals surface area (Å²) in [6.45, 7) is 1.98. The maximum absolute atomic E-state index is 4.37. The summed E-state index contributed by atoms with van der Waals surface area (Å²) in [7, 11) is 0. The van der Waals surface area contributed by atoms with Gasteiger partial charge in [0.25, 0.3) is 0 Å². The Morgan fingerprint density at radius 3 is 2.73 bits per heavy atom. The van der Waals surface area contributed by atoms with Gasteiger partial charge in [-0.1, -0.05) is 0 Å². The van der Waals surface area contributed by atoms with Crippen molar-refractivity contribution in [2.45, 2.75) is 19.8 Å². The zero-order chi connectivity index (χ0) is 7.68. The summed E-state index contributed by atoms with van der Waals surface area (Å²) >= 11 is 0. The lowest BCUT2D eigenvalue weighted by atomic mass is 10.3. The van der Waals surface area contributed by atoms with Gasteiger partial charge in [0.1, 0.15) is 0 Å². The summed E-state index contributed by atoms with van der Waals surface area (Å²) < 4.78 is 0. The molecule has 0 radical (unpaired) electrons. The molecule has 1 aliphatic carbocycles. The first-order valence-electron chi connectivity index (χ1n) is 3.84. The smallest absolute Gasteiger partial charge is 0.0812 e. The first-order valence-corrected chi connectivity index (χ1v) is 3.84. The van der Waals surface area contributed by atoms with E-state index in [1.165, 1.54) is 18.6 Å². The highest BCUT2D eigenvalue weighted by Crippen LogP contribution is 2.20. The fraction of sp³-hybridized carbons (Fsp3) is 0.333. The minimum atomic E-state index is 0.989. The van der Waals surface area contributed by atoms with Crippen molar-refractivity contribution in [3.63, 3.8) is 0 Å². The zero-order valence-electron chi connectivity index (χ0n) is 6.54. The zero-order valence-corrected chi connectivity index (χ0v) is 6.54. The van der Waals surface area contributed by atoms with Gasteiger partial charge in [-0.15, -0.1) is 0 Å². The molecule has 1 aromatic rings. The topological polar surface area (TPSA) is 25.2 Å². The van der Waals surface area contributed by atoms with E-state index in [1.807, 2.05) is 25.3 Å². The van der Waals surface area contributed by atoms with E-state index in [4.69, 9.17) is 0 Å². The van der Waals surface area contributed by atoms with Gasteiger partial charge < -0.3 is 0 Å². The molecule has 1 saturated carbocycles. The second-order valence-electron chi connectivity index (χ2n) is 2.84. The van der Waals surface area contributed by atoms with Gasteiger partial charge in [0, 0.05) is 11.4 Å². The van der Waals surface area contributed by atoms with Gasteiger partial charge in [0.15, 0.2) is 0 Å². The Kier molecular flexibility index (Phi) is 1.46. The average molecular weight is 146 g/mol. The minimum Gasteiger partial charge on any atom is -0.259 e. The number of aryl methyl sites for hydroxylation is 1. The number of hydrogen-bond donors (Lipinski definition) is 0. The molecule has 0 saturated heterocycles. The van der Waals surface area contributed by atoms with Crippen LogP contribution in [0.25, 0.3) is 0 Å². The molecule has 11 heavy (non-hydrogen) atoms. The third-order valence-corrected chi connectivity index (χ3v) is 1.66. The van der Waals surface area contributed by atoms with E-state index in [9.17, 15) is 0 Å². The number of hydrogen-bond acceptors (Lipinski definition) is 2. The summed E-state index contributed by atoms with van der Waals surface area (Å²) in [5.74, 6) is 0. The van der Waals surface area contributed by atoms with E-state index in [2.05, 4.69) is 9.98 Å². The molecule has 0 N–H and O–H groups in total. The highest BCUT2D eigenvalue weighted by molar-refractivity contribution is 5.99. The molecule has 0 atom stereocenters. The van der Waals surface area contributed by atoms with E-state index in [-0.39, 0.29) is 0 Å². The highest BCUT2D eigenvalue weighted by Gasteiger charge is 2.12. The molecule has 0 bridgehead atoms. The molecule has 2 heteroatoms. The van der Waals surface area contributed by atoms with Gasteiger partial charge in [-0.05, 0) is 31.9 Å². The Labute approximate surface area is 66.0 Å². The Morgan fingerprint density at radius 1 is 1.36 bits per heavy atom. The maximum Gasteiger partial charge on any atom is 0.0812 e. The Bertz CT molecular complexity index is 279. The molecule has 0 spiro atoms. The van der Waals surface area contributed by atoms with Crippen LogP contribution in [0, 0.1) is 6.92 Å². The van der Waals surface area contributed by atoms with Crippen molar-refractivity contribution >= 4 is 11.4 Å². The number of aromatic nitrogens is 1. The van der Waals surface area contributed by atoms with Crippen LogP contribution in [0.4, 0.5) is 5.69 Å². The lowest BCUT2D eigenvalue weighted by Gasteiger charge is -1.91. The van der Waals surface area contributed by atoms with Crippen molar-refractivity contribution in [3.05, 3.63) is 24.0 Å². The SMILES string of the molecule is Cc1ccc(N=C2CC2)cn1. The van der Waals surface area contributed by atoms with Crippen LogP contribution in [0.2, 0.25) is 0 Å². The summed E-state index contributed by atoms with van der Waals surface area (Å²) in [6.07, 6.45) is 4.17. The molecular formula is C9H10N2. The maximum atomic E-state index is 4.37. The number of aliphatic imine (C=N–C) groups is 1. The van der Waals surface area contributed by atoms with Gasteiger partial charge in [-0.25, -0.2) is 0 Å². The van der Waals surface area contributed by atoms with Gasteiger partial charge in [0.2, 0.25) is 0 Å². The quantitative estimate of drug-likeness (QED) is 0.596. The molecule has 2 rings (SSSR count). The third-order valence-electron chi connectivity index (χ3n) is 1.66. The van der Waals surface area contributed by atoms with Crippen LogP contribution in [0.3, 0.4) is 0 Å². The van der Waals surface area contributed by atoms with Gasteiger partial charge in [-0.3, -0.25) is 9.98 Å². The van der Waals surface area contributed by atoms with Gasteiger partial charge >= 0.3 is 0 Å². The second-order valence-corrected chi connectivity index (χ2v) is 2.84. The summed E-state index contributed by atoms with van der Waals surface area (Å²) in [5.41, 5.74) is 3.34. The van der Waals surface area contributed by atoms with E-state index < -0.39 is 0 Å². The lowest BCUT2D eigenvalue weighted by Crippen LogP contribution is -1.76. The van der Waals surface area contributed by atoms with Gasteiger partial charge in [-0.2, -0.15) is 0 Å². The van der Waals surface area contributed by atoms with Crippen LogP contribution in [0.15, 0.2) is 23.3 Å².